The largest absolute Gasteiger partial charge is 0.448 e. The Kier molecular flexibility index (Phi) is 8.62. The van der Waals surface area contributed by atoms with Gasteiger partial charge in [0.1, 0.15) is 6.61 Å². The highest BCUT2D eigenvalue weighted by molar-refractivity contribution is 7.89. The fourth-order valence-corrected chi connectivity index (χ4v) is 7.61. The summed E-state index contributed by atoms with van der Waals surface area (Å²) >= 11 is 6.02. The smallest absolute Gasteiger partial charge is 0.410 e. The van der Waals surface area contributed by atoms with Crippen molar-refractivity contribution in [1.29, 1.82) is 0 Å². The van der Waals surface area contributed by atoms with Crippen LogP contribution < -0.4 is 0 Å². The van der Waals surface area contributed by atoms with Gasteiger partial charge in [0, 0.05) is 43.8 Å². The molecule has 7 nitrogen and oxygen atoms in total. The fourth-order valence-electron chi connectivity index (χ4n) is 5.77. The summed E-state index contributed by atoms with van der Waals surface area (Å²) < 4.78 is 34.9. The molecule has 2 aromatic carbocycles. The molecule has 9 heteroatoms. The molecule has 2 aliphatic heterocycles. The lowest BCUT2D eigenvalue weighted by Gasteiger charge is -2.41. The Balaban J connectivity index is 1.25. The molecule has 206 valence electrons. The number of carbonyl (C=O) groups is 1. The molecule has 0 aromatic heterocycles. The summed E-state index contributed by atoms with van der Waals surface area (Å²) in [6, 6.07) is 16.1. The minimum Gasteiger partial charge on any atom is -0.448 e. The molecule has 0 unspecified atom stereocenters. The van der Waals surface area contributed by atoms with Crippen molar-refractivity contribution < 1.29 is 17.9 Å². The molecule has 0 N–H and O–H groups in total. The summed E-state index contributed by atoms with van der Waals surface area (Å²) in [7, 11) is -3.79. The van der Waals surface area contributed by atoms with Crippen molar-refractivity contribution in [3.8, 4) is 0 Å². The van der Waals surface area contributed by atoms with Crippen LogP contribution in [0, 0.1) is 11.8 Å². The molecule has 3 fully saturated rings. The summed E-state index contributed by atoms with van der Waals surface area (Å²) in [5.74, 6) is 1.01. The van der Waals surface area contributed by atoms with Crippen LogP contribution in [0.4, 0.5) is 4.79 Å². The number of hydrogen-bond acceptors (Lipinski definition) is 5. The highest BCUT2D eigenvalue weighted by atomic mass is 35.5. The van der Waals surface area contributed by atoms with Crippen molar-refractivity contribution in [1.82, 2.24) is 14.1 Å². The Bertz CT molecular complexity index is 1190. The quantitative estimate of drug-likeness (QED) is 0.460. The van der Waals surface area contributed by atoms with Gasteiger partial charge in [0.05, 0.1) is 10.9 Å². The summed E-state index contributed by atoms with van der Waals surface area (Å²) in [5, 5.41) is 0.487. The van der Waals surface area contributed by atoms with E-state index in [4.69, 9.17) is 16.3 Å². The first kappa shape index (κ1) is 27.4. The summed E-state index contributed by atoms with van der Waals surface area (Å²) in [4.78, 5) is 17.5. The van der Waals surface area contributed by atoms with Gasteiger partial charge >= 0.3 is 6.09 Å². The second-order valence-electron chi connectivity index (χ2n) is 11.1. The number of piperidine rings is 1. The van der Waals surface area contributed by atoms with Gasteiger partial charge in [-0.3, -0.25) is 4.90 Å². The van der Waals surface area contributed by atoms with Crippen LogP contribution in [0.2, 0.25) is 5.02 Å². The van der Waals surface area contributed by atoms with E-state index in [1.54, 1.807) is 33.5 Å². The van der Waals surface area contributed by atoms with E-state index < -0.39 is 16.1 Å². The van der Waals surface area contributed by atoms with Crippen LogP contribution >= 0.6 is 11.6 Å². The van der Waals surface area contributed by atoms with Gasteiger partial charge < -0.3 is 9.64 Å². The van der Waals surface area contributed by atoms with Crippen molar-refractivity contribution in [3.05, 3.63) is 65.2 Å². The fraction of sp³-hybridized carbons (Fsp3) is 0.552. The highest BCUT2D eigenvalue weighted by Gasteiger charge is 2.39. The van der Waals surface area contributed by atoms with Gasteiger partial charge in [-0.1, -0.05) is 41.9 Å². The summed E-state index contributed by atoms with van der Waals surface area (Å²) in [6.07, 6.45) is 4.61. The van der Waals surface area contributed by atoms with Gasteiger partial charge in [0.25, 0.3) is 0 Å². The maximum absolute atomic E-state index is 13.8. The SMILES string of the molecule is C[C@@H]1CN(CC2CC2)CCN1C(=O)OC[C@H]1CC[C@@H](Cc2ccccc2)CN1S(=O)(=O)c1ccc(Cl)cc1. The predicted molar refractivity (Wildman–Crippen MR) is 149 cm³/mol. The lowest BCUT2D eigenvalue weighted by molar-refractivity contribution is 0.0342. The zero-order valence-electron chi connectivity index (χ0n) is 22.0. The first-order chi connectivity index (χ1) is 18.3. The number of amides is 1. The molecule has 3 aliphatic rings. The molecule has 1 aliphatic carbocycles. The number of nitrogens with zero attached hydrogens (tertiary/aromatic N) is 3. The molecule has 0 radical (unpaired) electrons. The summed E-state index contributed by atoms with van der Waals surface area (Å²) in [5.41, 5.74) is 1.20. The molecular weight excluding hydrogens is 522 g/mol. The number of rotatable bonds is 8. The number of benzene rings is 2. The Morgan fingerprint density at radius 1 is 0.947 bits per heavy atom. The molecule has 2 heterocycles. The predicted octanol–water partition coefficient (Wildman–Crippen LogP) is 4.90. The topological polar surface area (TPSA) is 70.2 Å². The molecule has 1 saturated carbocycles. The zero-order valence-corrected chi connectivity index (χ0v) is 23.6. The van der Waals surface area contributed by atoms with Crippen molar-refractivity contribution >= 4 is 27.7 Å². The number of carbonyl (C=O) groups excluding carboxylic acids is 1. The Morgan fingerprint density at radius 2 is 1.66 bits per heavy atom. The van der Waals surface area contributed by atoms with Crippen LogP contribution in [-0.4, -0.2) is 80.0 Å². The third-order valence-electron chi connectivity index (χ3n) is 8.10. The maximum Gasteiger partial charge on any atom is 0.410 e. The van der Waals surface area contributed by atoms with Crippen LogP contribution in [0.15, 0.2) is 59.5 Å². The van der Waals surface area contributed by atoms with E-state index in [2.05, 4.69) is 24.0 Å². The third kappa shape index (κ3) is 6.71. The van der Waals surface area contributed by atoms with E-state index >= 15 is 0 Å². The first-order valence-electron chi connectivity index (χ1n) is 13.8. The van der Waals surface area contributed by atoms with Crippen LogP contribution in [0.25, 0.3) is 0 Å². The minimum atomic E-state index is -3.79. The zero-order chi connectivity index (χ0) is 26.7. The van der Waals surface area contributed by atoms with E-state index in [0.29, 0.717) is 24.5 Å². The van der Waals surface area contributed by atoms with Gasteiger partial charge in [0.15, 0.2) is 0 Å². The second kappa shape index (κ2) is 11.9. The molecule has 5 rings (SSSR count). The Hall–Kier alpha value is -2.13. The van der Waals surface area contributed by atoms with Gasteiger partial charge in [-0.05, 0) is 80.7 Å². The van der Waals surface area contributed by atoms with Gasteiger partial charge in [-0.25, -0.2) is 13.2 Å². The van der Waals surface area contributed by atoms with E-state index in [1.807, 2.05) is 18.2 Å². The van der Waals surface area contributed by atoms with Gasteiger partial charge in [0.2, 0.25) is 10.0 Å². The normalized spacial score (nSPS) is 25.3. The van der Waals surface area contributed by atoms with E-state index in [1.165, 1.54) is 18.4 Å². The number of hydrogen-bond donors (Lipinski definition) is 0. The number of sulfonamides is 1. The number of ether oxygens (including phenoxy) is 1. The molecule has 0 bridgehead atoms. The molecule has 0 spiro atoms. The van der Waals surface area contributed by atoms with E-state index in [0.717, 1.165) is 38.4 Å². The van der Waals surface area contributed by atoms with Crippen molar-refractivity contribution in [3.63, 3.8) is 0 Å². The van der Waals surface area contributed by atoms with Crippen molar-refractivity contribution in [2.75, 3.05) is 39.3 Å². The summed E-state index contributed by atoms with van der Waals surface area (Å²) in [6.45, 7) is 5.98. The van der Waals surface area contributed by atoms with Crippen LogP contribution in [0.3, 0.4) is 0 Å². The van der Waals surface area contributed by atoms with Crippen molar-refractivity contribution in [2.24, 2.45) is 11.8 Å². The molecule has 3 atom stereocenters. The average Bonchev–Trinajstić information content (AvgIpc) is 3.72. The third-order valence-corrected chi connectivity index (χ3v) is 10.3. The van der Waals surface area contributed by atoms with E-state index in [-0.39, 0.29) is 29.6 Å². The average molecular weight is 560 g/mol. The molecular formula is C29H38ClN3O4S. The first-order valence-corrected chi connectivity index (χ1v) is 15.6. The van der Waals surface area contributed by atoms with Crippen LogP contribution in [0.5, 0.6) is 0 Å². The number of piperazine rings is 1. The minimum absolute atomic E-state index is 0.0543. The van der Waals surface area contributed by atoms with Crippen molar-refractivity contribution in [2.45, 2.75) is 56.0 Å². The lowest BCUT2D eigenvalue weighted by Crippen LogP contribution is -2.55. The van der Waals surface area contributed by atoms with Crippen LogP contribution in [0.1, 0.15) is 38.2 Å². The highest BCUT2D eigenvalue weighted by Crippen LogP contribution is 2.32. The van der Waals surface area contributed by atoms with Crippen LogP contribution in [-0.2, 0) is 21.2 Å². The van der Waals surface area contributed by atoms with Gasteiger partial charge in [-0.15, -0.1) is 0 Å². The molecule has 1 amide bonds. The molecule has 2 saturated heterocycles. The Morgan fingerprint density at radius 3 is 2.34 bits per heavy atom. The standard InChI is InChI=1S/C29H38ClN3O4S/c1-22-18-31(19-24-7-8-24)15-16-32(22)29(34)37-21-27-12-9-25(17-23-5-3-2-4-6-23)20-33(27)38(35,36)28-13-10-26(30)11-14-28/h2-6,10-11,13-14,22,24-25,27H,7-9,12,15-21H2,1H3/t22-,25+,27-/m1/s1. The Labute approximate surface area is 231 Å². The van der Waals surface area contributed by atoms with E-state index in [9.17, 15) is 13.2 Å². The van der Waals surface area contributed by atoms with Gasteiger partial charge in [-0.2, -0.15) is 4.31 Å². The monoisotopic (exact) mass is 559 g/mol. The maximum atomic E-state index is 13.8. The molecule has 2 aromatic rings. The molecule has 38 heavy (non-hydrogen) atoms. The second-order valence-corrected chi connectivity index (χ2v) is 13.5. The number of halogens is 1. The lowest BCUT2D eigenvalue weighted by atomic mass is 9.89.